The molecule has 0 heterocycles. The molecule has 0 bridgehead atoms. The summed E-state index contributed by atoms with van der Waals surface area (Å²) in [7, 11) is 1.74. The van der Waals surface area contributed by atoms with Crippen molar-refractivity contribution in [2.45, 2.75) is 118 Å². The van der Waals surface area contributed by atoms with Crippen molar-refractivity contribution in [2.75, 3.05) is 13.7 Å². The van der Waals surface area contributed by atoms with Gasteiger partial charge in [0.25, 0.3) is 0 Å². The molecule has 0 aliphatic heterocycles. The summed E-state index contributed by atoms with van der Waals surface area (Å²) in [4.78, 5) is 0. The number of methoxy groups -OCH3 is 1. The second-order valence-electron chi connectivity index (χ2n) is 10.9. The van der Waals surface area contributed by atoms with Crippen LogP contribution in [0.2, 0.25) is 0 Å². The van der Waals surface area contributed by atoms with Crippen LogP contribution in [0.1, 0.15) is 113 Å². The number of aliphatic hydroxyl groups is 2. The summed E-state index contributed by atoms with van der Waals surface area (Å²) in [5.41, 5.74) is 4.66. The van der Waals surface area contributed by atoms with Crippen LogP contribution in [0.15, 0.2) is 46.3 Å². The Kier molecular flexibility index (Phi) is 12.8. The molecule has 33 heavy (non-hydrogen) atoms. The zero-order chi connectivity index (χ0) is 25.1. The molecule has 0 aromatic heterocycles. The lowest BCUT2D eigenvalue weighted by Gasteiger charge is -2.53. The van der Waals surface area contributed by atoms with Crippen LogP contribution in [0.5, 0.6) is 0 Å². The van der Waals surface area contributed by atoms with Crippen molar-refractivity contribution in [1.29, 1.82) is 0 Å². The fourth-order valence-corrected chi connectivity index (χ4v) is 5.34. The third-order valence-corrected chi connectivity index (χ3v) is 7.99. The Bertz CT molecular complexity index is 719. The molecule has 0 saturated heterocycles. The summed E-state index contributed by atoms with van der Waals surface area (Å²) < 4.78 is 5.62. The minimum atomic E-state index is -0.725. The van der Waals surface area contributed by atoms with Crippen molar-refractivity contribution in [3.8, 4) is 0 Å². The quantitative estimate of drug-likeness (QED) is 0.216. The van der Waals surface area contributed by atoms with Gasteiger partial charge in [-0.2, -0.15) is 0 Å². The Morgan fingerprint density at radius 3 is 2.09 bits per heavy atom. The number of aliphatic hydroxyl groups excluding tert-OH is 1. The van der Waals surface area contributed by atoms with Gasteiger partial charge in [0, 0.05) is 12.0 Å². The molecule has 1 aliphatic carbocycles. The first-order valence-corrected chi connectivity index (χ1v) is 13.0. The largest absolute Gasteiger partial charge is 0.501 e. The van der Waals surface area contributed by atoms with E-state index in [1.165, 1.54) is 22.3 Å². The van der Waals surface area contributed by atoms with Gasteiger partial charge in [0.15, 0.2) is 0 Å². The zero-order valence-electron chi connectivity index (χ0n) is 22.9. The normalized spacial score (nSPS) is 28.0. The summed E-state index contributed by atoms with van der Waals surface area (Å²) in [6, 6.07) is 0. The van der Waals surface area contributed by atoms with Crippen LogP contribution in [0, 0.1) is 11.3 Å². The van der Waals surface area contributed by atoms with Crippen molar-refractivity contribution in [3.63, 3.8) is 0 Å². The van der Waals surface area contributed by atoms with E-state index in [0.717, 1.165) is 70.0 Å². The van der Waals surface area contributed by atoms with Gasteiger partial charge in [0.1, 0.15) is 0 Å². The van der Waals surface area contributed by atoms with Crippen molar-refractivity contribution >= 4 is 0 Å². The van der Waals surface area contributed by atoms with E-state index in [0.29, 0.717) is 0 Å². The monoisotopic (exact) mass is 460 g/mol. The fraction of sp³-hybridized carbons (Fsp3) is 0.733. The lowest BCUT2D eigenvalue weighted by atomic mass is 9.54. The predicted octanol–water partition coefficient (Wildman–Crippen LogP) is 8.05. The number of hydrogen-bond donors (Lipinski definition) is 2. The lowest BCUT2D eigenvalue weighted by Crippen LogP contribution is -2.52. The van der Waals surface area contributed by atoms with Gasteiger partial charge in [0.05, 0.1) is 18.5 Å². The average Bonchev–Trinajstić information content (AvgIpc) is 2.74. The first kappa shape index (κ1) is 29.7. The van der Waals surface area contributed by atoms with Gasteiger partial charge in [-0.1, -0.05) is 41.9 Å². The topological polar surface area (TPSA) is 49.7 Å². The predicted molar refractivity (Wildman–Crippen MR) is 142 cm³/mol. The van der Waals surface area contributed by atoms with Crippen LogP contribution in [0.4, 0.5) is 0 Å². The third-order valence-electron chi connectivity index (χ3n) is 7.99. The summed E-state index contributed by atoms with van der Waals surface area (Å²) in [5.74, 6) is 1.21. The molecule has 1 aliphatic rings. The molecule has 3 nitrogen and oxygen atoms in total. The maximum atomic E-state index is 11.4. The summed E-state index contributed by atoms with van der Waals surface area (Å²) in [6.45, 7) is 15.3. The molecule has 3 atom stereocenters. The highest BCUT2D eigenvalue weighted by Crippen LogP contribution is 2.55. The molecule has 0 radical (unpaired) electrons. The van der Waals surface area contributed by atoms with E-state index in [9.17, 15) is 10.2 Å². The minimum Gasteiger partial charge on any atom is -0.501 e. The number of ether oxygens (including phenoxy) is 1. The maximum Gasteiger partial charge on any atom is 0.0919 e. The molecule has 0 aromatic rings. The lowest BCUT2D eigenvalue weighted by molar-refractivity contribution is -0.114. The van der Waals surface area contributed by atoms with Crippen LogP contribution in [-0.2, 0) is 4.74 Å². The van der Waals surface area contributed by atoms with Crippen molar-refractivity contribution < 1.29 is 14.9 Å². The molecule has 1 fully saturated rings. The molecular weight excluding hydrogens is 408 g/mol. The van der Waals surface area contributed by atoms with E-state index >= 15 is 0 Å². The van der Waals surface area contributed by atoms with Crippen LogP contribution in [0.25, 0.3) is 0 Å². The highest BCUT2D eigenvalue weighted by Gasteiger charge is 2.52. The molecule has 1 rings (SSSR count). The second kappa shape index (κ2) is 14.2. The Morgan fingerprint density at radius 2 is 1.55 bits per heavy atom. The standard InChI is InChI=1S/C30H52O3/c1-23(2)13-9-14-24(3)15-10-16-25(4)17-11-20-29(6)28(18-12-22-31)27(26(5)33-8)19-21-30(29,7)32/h13,15,17,28,31-32H,9-12,14,16,18-22H2,1-8H3/b24-15+,25-17+,27-26-/t28-,29+,30+/m1/s1. The van der Waals surface area contributed by atoms with Gasteiger partial charge in [-0.15, -0.1) is 0 Å². The molecule has 0 amide bonds. The van der Waals surface area contributed by atoms with E-state index in [-0.39, 0.29) is 17.9 Å². The van der Waals surface area contributed by atoms with Gasteiger partial charge in [-0.3, -0.25) is 0 Å². The van der Waals surface area contributed by atoms with Gasteiger partial charge < -0.3 is 14.9 Å². The zero-order valence-corrected chi connectivity index (χ0v) is 22.9. The van der Waals surface area contributed by atoms with Gasteiger partial charge in [-0.25, -0.2) is 0 Å². The SMILES string of the molecule is CO/C(C)=C1/CC[C@](C)(O)[C@@](C)(CC/C=C(\C)CC/C=C(\C)CCC=C(C)C)[C@@H]1CCCO. The third kappa shape index (κ3) is 9.09. The Labute approximate surface area is 204 Å². The van der Waals surface area contributed by atoms with Crippen molar-refractivity contribution in [1.82, 2.24) is 0 Å². The highest BCUT2D eigenvalue weighted by molar-refractivity contribution is 5.22. The first-order valence-electron chi connectivity index (χ1n) is 13.0. The van der Waals surface area contributed by atoms with Crippen LogP contribution in [-0.4, -0.2) is 29.5 Å². The van der Waals surface area contributed by atoms with E-state index < -0.39 is 5.60 Å². The number of rotatable bonds is 13. The molecule has 1 saturated carbocycles. The number of hydrogen-bond acceptors (Lipinski definition) is 3. The van der Waals surface area contributed by atoms with Crippen molar-refractivity contribution in [2.24, 2.45) is 11.3 Å². The van der Waals surface area contributed by atoms with Crippen LogP contribution >= 0.6 is 0 Å². The van der Waals surface area contributed by atoms with Crippen LogP contribution in [0.3, 0.4) is 0 Å². The minimum absolute atomic E-state index is 0.189. The van der Waals surface area contributed by atoms with Crippen molar-refractivity contribution in [3.05, 3.63) is 46.3 Å². The molecule has 3 heteroatoms. The summed E-state index contributed by atoms with van der Waals surface area (Å²) in [6.07, 6.45) is 16.7. The summed E-state index contributed by atoms with van der Waals surface area (Å²) >= 11 is 0. The summed E-state index contributed by atoms with van der Waals surface area (Å²) in [5, 5.41) is 20.9. The van der Waals surface area contributed by atoms with E-state index in [4.69, 9.17) is 4.74 Å². The highest BCUT2D eigenvalue weighted by atomic mass is 16.5. The van der Waals surface area contributed by atoms with Gasteiger partial charge >= 0.3 is 0 Å². The maximum absolute atomic E-state index is 11.4. The molecule has 0 unspecified atom stereocenters. The molecule has 2 N–H and O–H groups in total. The van der Waals surface area contributed by atoms with Gasteiger partial charge in [0.2, 0.25) is 0 Å². The fourth-order valence-electron chi connectivity index (χ4n) is 5.34. The van der Waals surface area contributed by atoms with E-state index in [2.05, 4.69) is 52.8 Å². The Balaban J connectivity index is 2.82. The molecule has 0 aromatic carbocycles. The average molecular weight is 461 g/mol. The smallest absolute Gasteiger partial charge is 0.0919 e. The van der Waals surface area contributed by atoms with E-state index in [1.54, 1.807) is 7.11 Å². The first-order chi connectivity index (χ1) is 15.5. The molecular formula is C30H52O3. The van der Waals surface area contributed by atoms with Crippen LogP contribution < -0.4 is 0 Å². The molecule has 0 spiro atoms. The van der Waals surface area contributed by atoms with E-state index in [1.807, 2.05) is 13.8 Å². The number of allylic oxidation sites excluding steroid dienone is 8. The Morgan fingerprint density at radius 1 is 0.970 bits per heavy atom. The second-order valence-corrected chi connectivity index (χ2v) is 10.9. The Hall–Kier alpha value is -1.32. The van der Waals surface area contributed by atoms with Gasteiger partial charge in [-0.05, 0) is 117 Å². The molecule has 190 valence electrons.